The van der Waals surface area contributed by atoms with Crippen LogP contribution in [0.1, 0.15) is 31.7 Å². The maximum Gasteiger partial charge on any atom is 0.264 e. The highest BCUT2D eigenvalue weighted by Crippen LogP contribution is 2.26. The smallest absolute Gasteiger partial charge is 0.264 e. The number of carbonyl (C=O) groups is 1. The molecule has 156 valence electrons. The molecule has 1 aliphatic heterocycles. The third-order valence-electron chi connectivity index (χ3n) is 5.09. The fourth-order valence-electron chi connectivity index (χ4n) is 3.42. The van der Waals surface area contributed by atoms with Crippen molar-refractivity contribution in [3.63, 3.8) is 0 Å². The average molecular weight is 417 g/mol. The second-order valence-electron chi connectivity index (χ2n) is 7.21. The highest BCUT2D eigenvalue weighted by Gasteiger charge is 2.23. The van der Waals surface area contributed by atoms with Crippen LogP contribution in [0, 0.1) is 6.92 Å². The number of sulfonamides is 1. The largest absolute Gasteiger partial charge is 0.484 e. The Labute approximate surface area is 173 Å². The Morgan fingerprint density at radius 1 is 1.00 bits per heavy atom. The van der Waals surface area contributed by atoms with Crippen molar-refractivity contribution in [3.05, 3.63) is 54.1 Å². The molecule has 0 aromatic heterocycles. The van der Waals surface area contributed by atoms with E-state index in [1.807, 2.05) is 11.8 Å². The van der Waals surface area contributed by atoms with E-state index in [1.54, 1.807) is 55.5 Å². The minimum Gasteiger partial charge on any atom is -0.484 e. The number of nitrogens with zero attached hydrogens (tertiary/aromatic N) is 2. The molecule has 3 rings (SSSR count). The van der Waals surface area contributed by atoms with Crippen molar-refractivity contribution in [1.29, 1.82) is 0 Å². The normalized spacial score (nSPS) is 14.5. The molecule has 0 aliphatic carbocycles. The van der Waals surface area contributed by atoms with E-state index in [4.69, 9.17) is 4.74 Å². The van der Waals surface area contributed by atoms with Gasteiger partial charge in [-0.15, -0.1) is 0 Å². The third-order valence-corrected chi connectivity index (χ3v) is 7.01. The molecule has 0 N–H and O–H groups in total. The number of rotatable bonds is 7. The van der Waals surface area contributed by atoms with Gasteiger partial charge in [-0.3, -0.25) is 9.10 Å². The van der Waals surface area contributed by atoms with Crippen LogP contribution in [-0.4, -0.2) is 45.5 Å². The van der Waals surface area contributed by atoms with Gasteiger partial charge in [0.05, 0.1) is 10.6 Å². The maximum absolute atomic E-state index is 13.0. The van der Waals surface area contributed by atoms with E-state index < -0.39 is 10.0 Å². The quantitative estimate of drug-likeness (QED) is 0.692. The summed E-state index contributed by atoms with van der Waals surface area (Å²) in [7, 11) is -3.64. The summed E-state index contributed by atoms with van der Waals surface area (Å²) in [5.41, 5.74) is 1.57. The molecule has 1 saturated heterocycles. The van der Waals surface area contributed by atoms with Crippen LogP contribution in [0.3, 0.4) is 0 Å². The second kappa shape index (κ2) is 9.31. The molecule has 0 radical (unpaired) electrons. The van der Waals surface area contributed by atoms with E-state index in [9.17, 15) is 13.2 Å². The second-order valence-corrected chi connectivity index (χ2v) is 9.07. The molecule has 1 aliphatic rings. The van der Waals surface area contributed by atoms with Gasteiger partial charge in [-0.25, -0.2) is 8.42 Å². The summed E-state index contributed by atoms with van der Waals surface area (Å²) in [5, 5.41) is 0. The number of ether oxygens (including phenoxy) is 1. The monoisotopic (exact) mass is 416 g/mol. The van der Waals surface area contributed by atoms with Crippen LogP contribution in [0.15, 0.2) is 53.4 Å². The third kappa shape index (κ3) is 5.09. The summed E-state index contributed by atoms with van der Waals surface area (Å²) >= 11 is 0. The average Bonchev–Trinajstić information content (AvgIpc) is 2.74. The molecule has 7 heteroatoms. The Morgan fingerprint density at radius 2 is 1.62 bits per heavy atom. The summed E-state index contributed by atoms with van der Waals surface area (Å²) in [6.45, 7) is 5.62. The Bertz CT molecular complexity index is 918. The lowest BCUT2D eigenvalue weighted by Gasteiger charge is -2.26. The Balaban J connectivity index is 1.67. The van der Waals surface area contributed by atoms with E-state index in [2.05, 4.69) is 0 Å². The zero-order valence-electron chi connectivity index (χ0n) is 17.0. The lowest BCUT2D eigenvalue weighted by atomic mass is 10.1. The Kier molecular flexibility index (Phi) is 6.79. The molecule has 0 unspecified atom stereocenters. The van der Waals surface area contributed by atoms with Gasteiger partial charge in [0.15, 0.2) is 6.61 Å². The van der Waals surface area contributed by atoms with Crippen molar-refractivity contribution in [2.24, 2.45) is 0 Å². The molecular formula is C22H28N2O4S. The zero-order valence-corrected chi connectivity index (χ0v) is 17.8. The standard InChI is InChI=1S/C22H28N2O4S/c1-3-24(29(26,27)21-13-7-18(2)8-14-21)19-9-11-20(12-10-19)28-17-22(25)23-15-5-4-6-16-23/h7-14H,3-6,15-17H2,1-2H3. The van der Waals surface area contributed by atoms with Crippen LogP contribution in [0.4, 0.5) is 5.69 Å². The Hall–Kier alpha value is -2.54. The molecular weight excluding hydrogens is 388 g/mol. The van der Waals surface area contributed by atoms with Crippen LogP contribution in [0.5, 0.6) is 5.75 Å². The first-order valence-corrected chi connectivity index (χ1v) is 11.5. The van der Waals surface area contributed by atoms with Crippen LogP contribution in [-0.2, 0) is 14.8 Å². The first-order valence-electron chi connectivity index (χ1n) is 10.0. The summed E-state index contributed by atoms with van der Waals surface area (Å²) in [6, 6.07) is 13.6. The van der Waals surface area contributed by atoms with Crippen molar-refractivity contribution in [1.82, 2.24) is 4.90 Å². The topological polar surface area (TPSA) is 66.9 Å². The van der Waals surface area contributed by atoms with Gasteiger partial charge >= 0.3 is 0 Å². The van der Waals surface area contributed by atoms with Gasteiger partial charge in [0, 0.05) is 19.6 Å². The molecule has 0 saturated carbocycles. The van der Waals surface area contributed by atoms with Gasteiger partial charge in [0.2, 0.25) is 0 Å². The van der Waals surface area contributed by atoms with E-state index >= 15 is 0 Å². The molecule has 0 atom stereocenters. The summed E-state index contributed by atoms with van der Waals surface area (Å²) in [4.78, 5) is 14.3. The molecule has 1 amide bonds. The summed E-state index contributed by atoms with van der Waals surface area (Å²) in [5.74, 6) is 0.536. The molecule has 6 nitrogen and oxygen atoms in total. The van der Waals surface area contributed by atoms with Crippen LogP contribution >= 0.6 is 0 Å². The minimum atomic E-state index is -3.64. The molecule has 1 fully saturated rings. The van der Waals surface area contributed by atoms with Crippen molar-refractivity contribution in [3.8, 4) is 5.75 Å². The molecule has 29 heavy (non-hydrogen) atoms. The lowest BCUT2D eigenvalue weighted by Crippen LogP contribution is -2.38. The van der Waals surface area contributed by atoms with Crippen LogP contribution in [0.25, 0.3) is 0 Å². The maximum atomic E-state index is 13.0. The highest BCUT2D eigenvalue weighted by molar-refractivity contribution is 7.92. The van der Waals surface area contributed by atoms with Crippen LogP contribution < -0.4 is 9.04 Å². The van der Waals surface area contributed by atoms with Gasteiger partial charge in [-0.1, -0.05) is 17.7 Å². The Morgan fingerprint density at radius 3 is 2.21 bits per heavy atom. The first-order chi connectivity index (χ1) is 13.9. The number of hydrogen-bond donors (Lipinski definition) is 0. The van der Waals surface area contributed by atoms with E-state index in [-0.39, 0.29) is 17.4 Å². The molecule has 2 aromatic rings. The lowest BCUT2D eigenvalue weighted by molar-refractivity contribution is -0.134. The number of likely N-dealkylation sites (tertiary alicyclic amines) is 1. The van der Waals surface area contributed by atoms with Gasteiger partial charge in [0.25, 0.3) is 15.9 Å². The number of piperidine rings is 1. The first kappa shape index (κ1) is 21.2. The van der Waals surface area contributed by atoms with Gasteiger partial charge < -0.3 is 9.64 Å². The number of benzene rings is 2. The van der Waals surface area contributed by atoms with Crippen LogP contribution in [0.2, 0.25) is 0 Å². The fraction of sp³-hybridized carbons (Fsp3) is 0.409. The number of aryl methyl sites for hydroxylation is 1. The van der Waals surface area contributed by atoms with E-state index in [1.165, 1.54) is 10.7 Å². The highest BCUT2D eigenvalue weighted by atomic mass is 32.2. The number of amides is 1. The predicted octanol–water partition coefficient (Wildman–Crippen LogP) is 3.60. The predicted molar refractivity (Wildman–Crippen MR) is 114 cm³/mol. The molecule has 2 aromatic carbocycles. The van der Waals surface area contributed by atoms with Crippen molar-refractivity contribution in [2.75, 3.05) is 30.5 Å². The van der Waals surface area contributed by atoms with Gasteiger partial charge in [-0.05, 0) is 69.5 Å². The molecule has 0 spiro atoms. The van der Waals surface area contributed by atoms with E-state index in [0.29, 0.717) is 18.0 Å². The SMILES string of the molecule is CCN(c1ccc(OCC(=O)N2CCCCC2)cc1)S(=O)(=O)c1ccc(C)cc1. The number of carbonyl (C=O) groups excluding carboxylic acids is 1. The number of anilines is 1. The van der Waals surface area contributed by atoms with Gasteiger partial charge in [0.1, 0.15) is 5.75 Å². The van der Waals surface area contributed by atoms with E-state index in [0.717, 1.165) is 31.5 Å². The van der Waals surface area contributed by atoms with Crippen molar-refractivity contribution >= 4 is 21.6 Å². The fourth-order valence-corrected chi connectivity index (χ4v) is 4.89. The number of hydrogen-bond acceptors (Lipinski definition) is 4. The molecule has 1 heterocycles. The summed E-state index contributed by atoms with van der Waals surface area (Å²) < 4.78 is 33.0. The van der Waals surface area contributed by atoms with Crippen molar-refractivity contribution in [2.45, 2.75) is 38.0 Å². The van der Waals surface area contributed by atoms with Gasteiger partial charge in [-0.2, -0.15) is 0 Å². The zero-order chi connectivity index (χ0) is 20.9. The molecule has 0 bridgehead atoms. The minimum absolute atomic E-state index is 0.00148. The summed E-state index contributed by atoms with van der Waals surface area (Å²) in [6.07, 6.45) is 3.26. The van der Waals surface area contributed by atoms with Crippen molar-refractivity contribution < 1.29 is 17.9 Å².